The van der Waals surface area contributed by atoms with Gasteiger partial charge in [-0.2, -0.15) is 0 Å². The summed E-state index contributed by atoms with van der Waals surface area (Å²) in [6, 6.07) is 9.75. The van der Waals surface area contributed by atoms with Crippen LogP contribution < -0.4 is 20.1 Å². The Kier molecular flexibility index (Phi) is 4.31. The Balaban J connectivity index is 1.67. The van der Waals surface area contributed by atoms with Crippen molar-refractivity contribution in [3.8, 4) is 11.5 Å². The van der Waals surface area contributed by atoms with Crippen molar-refractivity contribution in [3.05, 3.63) is 47.2 Å². The topological polar surface area (TPSA) is 42.5 Å². The highest BCUT2D eigenvalue weighted by atomic mass is 35.5. The van der Waals surface area contributed by atoms with Crippen LogP contribution in [0.25, 0.3) is 0 Å². The lowest BCUT2D eigenvalue weighted by atomic mass is 10.2. The Labute approximate surface area is 137 Å². The van der Waals surface area contributed by atoms with E-state index in [-0.39, 0.29) is 5.02 Å². The molecule has 0 saturated carbocycles. The largest absolute Gasteiger partial charge is 0.486 e. The summed E-state index contributed by atoms with van der Waals surface area (Å²) >= 11 is 10.9. The second-order valence-corrected chi connectivity index (χ2v) is 5.38. The van der Waals surface area contributed by atoms with Gasteiger partial charge in [-0.3, -0.25) is 0 Å². The van der Waals surface area contributed by atoms with Crippen LogP contribution in [-0.4, -0.2) is 18.3 Å². The van der Waals surface area contributed by atoms with E-state index in [0.29, 0.717) is 35.5 Å². The number of ether oxygens (including phenoxy) is 2. The highest BCUT2D eigenvalue weighted by Crippen LogP contribution is 2.32. The molecule has 2 aromatic carbocycles. The van der Waals surface area contributed by atoms with Crippen LogP contribution in [0, 0.1) is 5.82 Å². The van der Waals surface area contributed by atoms with Gasteiger partial charge in [0.15, 0.2) is 16.6 Å². The minimum absolute atomic E-state index is 0.0344. The molecule has 0 amide bonds. The summed E-state index contributed by atoms with van der Waals surface area (Å²) in [5, 5.41) is 6.35. The van der Waals surface area contributed by atoms with Gasteiger partial charge in [0.25, 0.3) is 0 Å². The van der Waals surface area contributed by atoms with Gasteiger partial charge in [-0.25, -0.2) is 4.39 Å². The third-order valence-electron chi connectivity index (χ3n) is 2.98. The number of benzene rings is 2. The van der Waals surface area contributed by atoms with Gasteiger partial charge in [0.05, 0.1) is 5.02 Å². The van der Waals surface area contributed by atoms with Gasteiger partial charge in [0, 0.05) is 17.4 Å². The predicted octanol–water partition coefficient (Wildman–Crippen LogP) is 4.06. The van der Waals surface area contributed by atoms with Crippen molar-refractivity contribution in [2.45, 2.75) is 0 Å². The summed E-state index contributed by atoms with van der Waals surface area (Å²) in [6.07, 6.45) is 0. The van der Waals surface area contributed by atoms with Crippen LogP contribution in [0.15, 0.2) is 36.4 Å². The second kappa shape index (κ2) is 6.37. The van der Waals surface area contributed by atoms with Crippen LogP contribution >= 0.6 is 23.8 Å². The maximum absolute atomic E-state index is 13.1. The molecule has 0 atom stereocenters. The van der Waals surface area contributed by atoms with Crippen LogP contribution in [0.5, 0.6) is 11.5 Å². The van der Waals surface area contributed by atoms with E-state index in [0.717, 1.165) is 5.69 Å². The molecule has 0 spiro atoms. The van der Waals surface area contributed by atoms with Crippen molar-refractivity contribution < 1.29 is 13.9 Å². The zero-order valence-corrected chi connectivity index (χ0v) is 12.9. The molecule has 1 aliphatic rings. The monoisotopic (exact) mass is 338 g/mol. The van der Waals surface area contributed by atoms with Crippen LogP contribution in [0.3, 0.4) is 0 Å². The summed E-state index contributed by atoms with van der Waals surface area (Å²) in [6.45, 7) is 1.07. The van der Waals surface area contributed by atoms with E-state index in [2.05, 4.69) is 10.6 Å². The molecule has 1 aliphatic heterocycles. The molecule has 2 aromatic rings. The molecule has 3 rings (SSSR count). The molecule has 0 radical (unpaired) electrons. The molecule has 114 valence electrons. The molecule has 7 heteroatoms. The van der Waals surface area contributed by atoms with Crippen LogP contribution in [-0.2, 0) is 0 Å². The molecular formula is C15H12ClFN2O2S. The van der Waals surface area contributed by atoms with Gasteiger partial charge >= 0.3 is 0 Å². The molecule has 0 saturated heterocycles. The molecule has 0 fully saturated rings. The zero-order valence-electron chi connectivity index (χ0n) is 11.4. The number of hydrogen-bond acceptors (Lipinski definition) is 3. The van der Waals surface area contributed by atoms with Crippen molar-refractivity contribution >= 4 is 40.3 Å². The smallest absolute Gasteiger partial charge is 0.175 e. The number of hydrogen-bond donors (Lipinski definition) is 2. The molecule has 0 bridgehead atoms. The van der Waals surface area contributed by atoms with Gasteiger partial charge in [0.2, 0.25) is 0 Å². The summed E-state index contributed by atoms with van der Waals surface area (Å²) in [5.74, 6) is 0.905. The summed E-state index contributed by atoms with van der Waals surface area (Å²) in [4.78, 5) is 0. The molecule has 0 unspecified atom stereocenters. The highest BCUT2D eigenvalue weighted by molar-refractivity contribution is 7.80. The number of halogens is 2. The third-order valence-corrected chi connectivity index (χ3v) is 3.47. The fourth-order valence-corrected chi connectivity index (χ4v) is 2.40. The van der Waals surface area contributed by atoms with E-state index in [9.17, 15) is 4.39 Å². The van der Waals surface area contributed by atoms with Crippen LogP contribution in [0.4, 0.5) is 15.8 Å². The van der Waals surface area contributed by atoms with E-state index in [1.807, 2.05) is 12.1 Å². The summed E-state index contributed by atoms with van der Waals surface area (Å²) in [7, 11) is 0. The quantitative estimate of drug-likeness (QED) is 0.808. The van der Waals surface area contributed by atoms with E-state index >= 15 is 0 Å². The standard InChI is InChI=1S/C15H12ClFN2O2S/c16-11-7-9(1-3-12(11)17)18-15(22)19-10-2-4-13-14(8-10)21-6-5-20-13/h1-4,7-8H,5-6H2,(H2,18,19,22). The van der Waals surface area contributed by atoms with Gasteiger partial charge < -0.3 is 20.1 Å². The Bertz CT molecular complexity index is 727. The number of thiocarbonyl (C=S) groups is 1. The van der Waals surface area contributed by atoms with Gasteiger partial charge in [-0.05, 0) is 42.5 Å². The molecule has 2 N–H and O–H groups in total. The number of anilines is 2. The molecular weight excluding hydrogens is 327 g/mol. The Hall–Kier alpha value is -2.05. The first kappa shape index (κ1) is 14.9. The average molecular weight is 339 g/mol. The molecule has 22 heavy (non-hydrogen) atoms. The Morgan fingerprint density at radius 2 is 1.64 bits per heavy atom. The highest BCUT2D eigenvalue weighted by Gasteiger charge is 2.12. The fourth-order valence-electron chi connectivity index (χ4n) is 1.99. The van der Waals surface area contributed by atoms with Crippen molar-refractivity contribution in [3.63, 3.8) is 0 Å². The second-order valence-electron chi connectivity index (χ2n) is 4.57. The minimum atomic E-state index is -0.474. The fraction of sp³-hybridized carbons (Fsp3) is 0.133. The SMILES string of the molecule is Fc1ccc(NC(=S)Nc2ccc3c(c2)OCCO3)cc1Cl. The molecule has 4 nitrogen and oxygen atoms in total. The van der Waals surface area contributed by atoms with E-state index in [1.54, 1.807) is 12.1 Å². The first-order valence-corrected chi connectivity index (χ1v) is 7.33. The van der Waals surface area contributed by atoms with Crippen LogP contribution in [0.1, 0.15) is 0 Å². The zero-order chi connectivity index (χ0) is 15.5. The molecule has 1 heterocycles. The molecule has 0 aliphatic carbocycles. The van der Waals surface area contributed by atoms with E-state index < -0.39 is 5.82 Å². The van der Waals surface area contributed by atoms with Crippen molar-refractivity contribution in [1.82, 2.24) is 0 Å². The van der Waals surface area contributed by atoms with Gasteiger partial charge in [-0.1, -0.05) is 11.6 Å². The lowest BCUT2D eigenvalue weighted by Gasteiger charge is -2.19. The molecule has 0 aromatic heterocycles. The van der Waals surface area contributed by atoms with Gasteiger partial charge in [0.1, 0.15) is 19.0 Å². The van der Waals surface area contributed by atoms with Crippen LogP contribution in [0.2, 0.25) is 5.02 Å². The summed E-state index contributed by atoms with van der Waals surface area (Å²) < 4.78 is 24.1. The first-order valence-electron chi connectivity index (χ1n) is 6.54. The summed E-state index contributed by atoms with van der Waals surface area (Å²) in [5.41, 5.74) is 1.36. The van der Waals surface area contributed by atoms with Crippen molar-refractivity contribution in [2.24, 2.45) is 0 Å². The number of nitrogens with one attached hydrogen (secondary N) is 2. The van der Waals surface area contributed by atoms with E-state index in [1.165, 1.54) is 12.1 Å². The number of fused-ring (bicyclic) bond motifs is 1. The maximum atomic E-state index is 13.1. The van der Waals surface area contributed by atoms with Crippen molar-refractivity contribution in [2.75, 3.05) is 23.8 Å². The Morgan fingerprint density at radius 3 is 2.36 bits per heavy atom. The Morgan fingerprint density at radius 1 is 1.00 bits per heavy atom. The normalized spacial score (nSPS) is 12.6. The predicted molar refractivity (Wildman–Crippen MR) is 88.7 cm³/mol. The maximum Gasteiger partial charge on any atom is 0.175 e. The third kappa shape index (κ3) is 3.40. The average Bonchev–Trinajstić information content (AvgIpc) is 2.51. The van der Waals surface area contributed by atoms with E-state index in [4.69, 9.17) is 33.3 Å². The van der Waals surface area contributed by atoms with Crippen molar-refractivity contribution in [1.29, 1.82) is 0 Å². The first-order chi connectivity index (χ1) is 10.6. The lowest BCUT2D eigenvalue weighted by molar-refractivity contribution is 0.171. The lowest BCUT2D eigenvalue weighted by Crippen LogP contribution is -2.20. The van der Waals surface area contributed by atoms with Gasteiger partial charge in [-0.15, -0.1) is 0 Å². The number of rotatable bonds is 2. The minimum Gasteiger partial charge on any atom is -0.486 e.